The molecule has 0 bridgehead atoms. The van der Waals surface area contributed by atoms with Crippen molar-refractivity contribution >= 4 is 11.0 Å². The quantitative estimate of drug-likeness (QED) is 0.246. The molecule has 1 fully saturated rings. The Hall–Kier alpha value is -3.59. The molecule has 3 heterocycles. The Morgan fingerprint density at radius 2 is 1.51 bits per heavy atom. The number of benzene rings is 2. The summed E-state index contributed by atoms with van der Waals surface area (Å²) in [7, 11) is 2.73. The molecule has 13 heteroatoms. The maximum Gasteiger partial charge on any atom is 0.336 e. The molecule has 2 aliphatic rings. The molecule has 0 amide bonds. The number of hydrogen-bond acceptors (Lipinski definition) is 13. The number of methoxy groups -OCH3 is 2. The Balaban J connectivity index is 1.49. The van der Waals surface area contributed by atoms with Crippen LogP contribution in [-0.2, 0) is 4.74 Å². The van der Waals surface area contributed by atoms with Crippen LogP contribution in [0.3, 0.4) is 0 Å². The zero-order chi connectivity index (χ0) is 27.8. The average molecular weight is 548 g/mol. The molecule has 1 aromatic heterocycles. The van der Waals surface area contributed by atoms with E-state index in [9.17, 15) is 30.3 Å². The highest BCUT2D eigenvalue weighted by Gasteiger charge is 2.45. The summed E-state index contributed by atoms with van der Waals surface area (Å²) in [4.78, 5) is 11.8. The summed E-state index contributed by atoms with van der Waals surface area (Å²) in [6.45, 7) is -1.08. The van der Waals surface area contributed by atoms with E-state index in [2.05, 4.69) is 0 Å². The molecular weight excluding hydrogens is 520 g/mol. The molecule has 0 spiro atoms. The molecule has 39 heavy (non-hydrogen) atoms. The van der Waals surface area contributed by atoms with Crippen molar-refractivity contribution in [2.24, 2.45) is 0 Å². The fourth-order valence-corrected chi connectivity index (χ4v) is 4.60. The number of aliphatic hydroxyl groups is 5. The number of hydrogen-bond donors (Lipinski definition) is 5. The maximum absolute atomic E-state index is 11.8. The average Bonchev–Trinajstić information content (AvgIpc) is 2.96. The standard InChI is InChI=1S/C26H28O13/c1-33-14-7-12(8-15(34-2)24(14)39-26-21(32)20(31)19(30)16(9-27)37-26)22-17(10-28)36-25-13(35-22)5-3-11-4-6-18(29)38-23(11)25/h3-8,16-17,19-22,26-28,30-32H,9-10H2,1-2H3/t16-,17-,19-,20+,21-,22-,26+/m1/s1. The molecule has 3 aromatic rings. The van der Waals surface area contributed by atoms with Gasteiger partial charge in [-0.2, -0.15) is 0 Å². The van der Waals surface area contributed by atoms with Crippen molar-refractivity contribution in [3.05, 3.63) is 52.4 Å². The van der Waals surface area contributed by atoms with E-state index in [0.717, 1.165) is 0 Å². The summed E-state index contributed by atoms with van der Waals surface area (Å²) in [6, 6.07) is 9.33. The van der Waals surface area contributed by atoms with Crippen molar-refractivity contribution in [1.29, 1.82) is 0 Å². The molecule has 2 aliphatic heterocycles. The highest BCUT2D eigenvalue weighted by Crippen LogP contribution is 2.47. The predicted octanol–water partition coefficient (Wildman–Crippen LogP) is -0.138. The van der Waals surface area contributed by atoms with Gasteiger partial charge in [-0.15, -0.1) is 0 Å². The lowest BCUT2D eigenvalue weighted by Gasteiger charge is -2.39. The van der Waals surface area contributed by atoms with Gasteiger partial charge in [0.25, 0.3) is 0 Å². The number of aliphatic hydroxyl groups excluding tert-OH is 5. The molecule has 0 radical (unpaired) electrons. The van der Waals surface area contributed by atoms with Crippen molar-refractivity contribution in [3.8, 4) is 28.7 Å². The van der Waals surface area contributed by atoms with Crippen LogP contribution in [0.5, 0.6) is 28.7 Å². The van der Waals surface area contributed by atoms with Crippen LogP contribution in [0, 0.1) is 0 Å². The van der Waals surface area contributed by atoms with Gasteiger partial charge in [0.1, 0.15) is 24.4 Å². The van der Waals surface area contributed by atoms with Crippen LogP contribution in [0.1, 0.15) is 11.7 Å². The van der Waals surface area contributed by atoms with Crippen molar-refractivity contribution < 1.29 is 58.4 Å². The molecule has 7 atom stereocenters. The van der Waals surface area contributed by atoms with Gasteiger partial charge in [0.05, 0.1) is 27.4 Å². The van der Waals surface area contributed by atoms with Crippen LogP contribution in [0.15, 0.2) is 45.6 Å². The molecule has 13 nitrogen and oxygen atoms in total. The van der Waals surface area contributed by atoms with E-state index in [1.807, 2.05) is 0 Å². The monoisotopic (exact) mass is 548 g/mol. The summed E-state index contributed by atoms with van der Waals surface area (Å²) < 4.78 is 39.8. The Morgan fingerprint density at radius 1 is 0.846 bits per heavy atom. The van der Waals surface area contributed by atoms with E-state index in [0.29, 0.717) is 10.9 Å². The van der Waals surface area contributed by atoms with Crippen LogP contribution < -0.4 is 29.3 Å². The Labute approximate surface area is 221 Å². The van der Waals surface area contributed by atoms with Gasteiger partial charge in [-0.25, -0.2) is 4.79 Å². The fraction of sp³-hybridized carbons (Fsp3) is 0.423. The Morgan fingerprint density at radius 3 is 2.15 bits per heavy atom. The normalized spacial score (nSPS) is 28.2. The molecule has 0 unspecified atom stereocenters. The minimum absolute atomic E-state index is 0.00137. The third-order valence-electron chi connectivity index (χ3n) is 6.64. The zero-order valence-corrected chi connectivity index (χ0v) is 20.9. The Kier molecular flexibility index (Phi) is 7.53. The van der Waals surface area contributed by atoms with Crippen molar-refractivity contribution in [2.75, 3.05) is 27.4 Å². The van der Waals surface area contributed by atoms with Crippen LogP contribution in [-0.4, -0.2) is 89.8 Å². The molecule has 0 saturated carbocycles. The van der Waals surface area contributed by atoms with Gasteiger partial charge < -0.3 is 58.4 Å². The molecule has 5 rings (SSSR count). The van der Waals surface area contributed by atoms with Gasteiger partial charge in [0.2, 0.25) is 17.8 Å². The van der Waals surface area contributed by atoms with Gasteiger partial charge in [-0.1, -0.05) is 0 Å². The minimum Gasteiger partial charge on any atom is -0.493 e. The van der Waals surface area contributed by atoms with E-state index in [4.69, 9.17) is 32.8 Å². The fourth-order valence-electron chi connectivity index (χ4n) is 4.60. The smallest absolute Gasteiger partial charge is 0.336 e. The first kappa shape index (κ1) is 27.0. The SMILES string of the molecule is COc1cc([C@H]2Oc3ccc4ccc(=O)oc4c3O[C@@H]2CO)cc(OC)c1O[C@@H]1O[C@H](CO)[C@@H](O)[C@H](O)[C@H]1O. The van der Waals surface area contributed by atoms with Crippen molar-refractivity contribution in [3.63, 3.8) is 0 Å². The van der Waals surface area contributed by atoms with Crippen molar-refractivity contribution in [1.82, 2.24) is 0 Å². The summed E-state index contributed by atoms with van der Waals surface area (Å²) in [5, 5.41) is 50.8. The van der Waals surface area contributed by atoms with Crippen LogP contribution >= 0.6 is 0 Å². The largest absolute Gasteiger partial charge is 0.493 e. The number of fused-ring (bicyclic) bond motifs is 3. The third-order valence-corrected chi connectivity index (χ3v) is 6.64. The van der Waals surface area contributed by atoms with Crippen LogP contribution in [0.25, 0.3) is 11.0 Å². The van der Waals surface area contributed by atoms with E-state index in [1.165, 1.54) is 20.3 Å². The molecule has 210 valence electrons. The van der Waals surface area contributed by atoms with Crippen molar-refractivity contribution in [2.45, 2.75) is 42.9 Å². The molecule has 1 saturated heterocycles. The second-order valence-corrected chi connectivity index (χ2v) is 9.01. The van der Waals surface area contributed by atoms with E-state index in [-0.39, 0.29) is 34.3 Å². The van der Waals surface area contributed by atoms with Gasteiger partial charge in [-0.05, 0) is 30.3 Å². The predicted molar refractivity (Wildman–Crippen MR) is 131 cm³/mol. The summed E-state index contributed by atoms with van der Waals surface area (Å²) in [5.41, 5.74) is 0.0890. The number of rotatable bonds is 7. The van der Waals surface area contributed by atoms with Gasteiger partial charge in [-0.3, -0.25) is 0 Å². The second kappa shape index (κ2) is 10.9. The van der Waals surface area contributed by atoms with Gasteiger partial charge in [0, 0.05) is 17.0 Å². The lowest BCUT2D eigenvalue weighted by molar-refractivity contribution is -0.277. The topological polar surface area (TPSA) is 187 Å². The van der Waals surface area contributed by atoms with Gasteiger partial charge >= 0.3 is 5.63 Å². The van der Waals surface area contributed by atoms with Gasteiger partial charge in [0.15, 0.2) is 35.0 Å². The summed E-state index contributed by atoms with van der Waals surface area (Å²) in [6.07, 6.45) is -9.29. The van der Waals surface area contributed by atoms with E-state index in [1.54, 1.807) is 30.3 Å². The second-order valence-electron chi connectivity index (χ2n) is 9.01. The Bertz CT molecular complexity index is 1360. The first-order chi connectivity index (χ1) is 18.8. The van der Waals surface area contributed by atoms with Crippen LogP contribution in [0.2, 0.25) is 0 Å². The molecule has 0 aliphatic carbocycles. The summed E-state index contributed by atoms with van der Waals surface area (Å²) >= 11 is 0. The lowest BCUT2D eigenvalue weighted by atomic mass is 9.99. The molecular formula is C26H28O13. The van der Waals surface area contributed by atoms with E-state index < -0.39 is 61.8 Å². The minimum atomic E-state index is -1.66. The van der Waals surface area contributed by atoms with E-state index >= 15 is 0 Å². The highest BCUT2D eigenvalue weighted by molar-refractivity contribution is 5.85. The highest BCUT2D eigenvalue weighted by atomic mass is 16.7. The van der Waals surface area contributed by atoms with Crippen LogP contribution in [0.4, 0.5) is 0 Å². The first-order valence-corrected chi connectivity index (χ1v) is 12.0. The molecule has 5 N–H and O–H groups in total. The third kappa shape index (κ3) is 4.84. The maximum atomic E-state index is 11.8. The number of ether oxygens (including phenoxy) is 6. The summed E-state index contributed by atoms with van der Waals surface area (Å²) in [5.74, 6) is 0.709. The first-order valence-electron chi connectivity index (χ1n) is 12.0. The molecule has 2 aromatic carbocycles. The zero-order valence-electron chi connectivity index (χ0n) is 20.9. The lowest BCUT2D eigenvalue weighted by Crippen LogP contribution is -2.60.